The number of rotatable bonds is 10. The number of esters is 1. The predicted octanol–water partition coefficient (Wildman–Crippen LogP) is 3.41. The molecule has 2 aromatic carbocycles. The number of nitrogens with zero attached hydrogens (tertiary/aromatic N) is 3. The van der Waals surface area contributed by atoms with Crippen LogP contribution in [0.1, 0.15) is 19.8 Å². The zero-order valence-electron chi connectivity index (χ0n) is 16.2. The van der Waals surface area contributed by atoms with Crippen molar-refractivity contribution in [3.63, 3.8) is 0 Å². The Bertz CT molecular complexity index is 999. The first-order valence-corrected chi connectivity index (χ1v) is 9.36. The van der Waals surface area contributed by atoms with Crippen molar-refractivity contribution in [1.82, 2.24) is 15.0 Å². The van der Waals surface area contributed by atoms with Gasteiger partial charge in [0.2, 0.25) is 0 Å². The van der Waals surface area contributed by atoms with E-state index < -0.39 is 5.97 Å². The van der Waals surface area contributed by atoms with Crippen molar-refractivity contribution >= 4 is 17.0 Å². The Morgan fingerprint density at radius 2 is 1.79 bits per heavy atom. The molecule has 0 aliphatic carbocycles. The lowest BCUT2D eigenvalue weighted by molar-refractivity contribution is -0.138. The first-order valence-electron chi connectivity index (χ1n) is 9.36. The van der Waals surface area contributed by atoms with Crippen LogP contribution < -0.4 is 9.47 Å². The second-order valence-electron chi connectivity index (χ2n) is 6.21. The number of hydrogen-bond acceptors (Lipinski definition) is 7. The Hall–Kier alpha value is -3.55. The van der Waals surface area contributed by atoms with Gasteiger partial charge in [-0.05, 0) is 30.7 Å². The lowest BCUT2D eigenvalue weighted by atomic mass is 10.3. The van der Waals surface area contributed by atoms with Crippen molar-refractivity contribution < 1.29 is 24.1 Å². The third kappa shape index (κ3) is 5.25. The molecule has 8 nitrogen and oxygen atoms in total. The van der Waals surface area contributed by atoms with E-state index in [2.05, 4.69) is 23.7 Å². The van der Waals surface area contributed by atoms with Crippen molar-refractivity contribution in [1.29, 1.82) is 0 Å². The standard InChI is InChI=1S/C21H23N3O5/c1-3-5-10-27-16-7-9-19(20(25)14-16)24-22-17-8-6-15(13-18(17)23-24)28-11-12-29-21(26)4-2/h4,6-9,13-14,25H,2-3,5,10-12H2,1H3. The number of phenols is 1. The highest BCUT2D eigenvalue weighted by molar-refractivity contribution is 5.81. The zero-order chi connectivity index (χ0) is 20.6. The zero-order valence-corrected chi connectivity index (χ0v) is 16.2. The van der Waals surface area contributed by atoms with Crippen LogP contribution in [-0.2, 0) is 9.53 Å². The summed E-state index contributed by atoms with van der Waals surface area (Å²) < 4.78 is 16.0. The maximum absolute atomic E-state index is 11.0. The van der Waals surface area contributed by atoms with Crippen LogP contribution in [-0.4, -0.2) is 45.9 Å². The molecule has 0 unspecified atom stereocenters. The van der Waals surface area contributed by atoms with E-state index in [0.29, 0.717) is 34.8 Å². The summed E-state index contributed by atoms with van der Waals surface area (Å²) in [6.07, 6.45) is 3.10. The Labute approximate surface area is 168 Å². The van der Waals surface area contributed by atoms with Crippen LogP contribution in [0, 0.1) is 0 Å². The predicted molar refractivity (Wildman–Crippen MR) is 108 cm³/mol. The minimum absolute atomic E-state index is 0.0276. The van der Waals surface area contributed by atoms with Crippen LogP contribution >= 0.6 is 0 Å². The number of benzene rings is 2. The molecule has 0 spiro atoms. The molecule has 0 saturated heterocycles. The lowest BCUT2D eigenvalue weighted by Gasteiger charge is -2.08. The summed E-state index contributed by atoms with van der Waals surface area (Å²) in [6.45, 7) is 6.35. The van der Waals surface area contributed by atoms with Gasteiger partial charge in [-0.1, -0.05) is 19.9 Å². The SMILES string of the molecule is C=CC(=O)OCCOc1ccc2nn(-c3ccc(OCCCC)cc3O)nc2c1. The van der Waals surface area contributed by atoms with Gasteiger partial charge in [0.05, 0.1) is 6.61 Å². The summed E-state index contributed by atoms with van der Waals surface area (Å²) in [4.78, 5) is 12.4. The minimum atomic E-state index is -0.492. The topological polar surface area (TPSA) is 95.7 Å². The second kappa shape index (κ2) is 9.59. The van der Waals surface area contributed by atoms with Crippen LogP contribution in [0.2, 0.25) is 0 Å². The Morgan fingerprint density at radius 1 is 1.07 bits per heavy atom. The highest BCUT2D eigenvalue weighted by Crippen LogP contribution is 2.27. The van der Waals surface area contributed by atoms with E-state index in [4.69, 9.17) is 14.2 Å². The van der Waals surface area contributed by atoms with Gasteiger partial charge < -0.3 is 19.3 Å². The maximum atomic E-state index is 11.0. The van der Waals surface area contributed by atoms with Crippen LogP contribution in [0.25, 0.3) is 16.7 Å². The Balaban J connectivity index is 1.69. The fourth-order valence-corrected chi connectivity index (χ4v) is 2.55. The summed E-state index contributed by atoms with van der Waals surface area (Å²) in [7, 11) is 0. The molecule has 1 heterocycles. The molecule has 3 aromatic rings. The van der Waals surface area contributed by atoms with Gasteiger partial charge in [0, 0.05) is 18.2 Å². The average molecular weight is 397 g/mol. The van der Waals surface area contributed by atoms with Crippen molar-refractivity contribution in [3.05, 3.63) is 49.1 Å². The van der Waals surface area contributed by atoms with Crippen molar-refractivity contribution in [2.24, 2.45) is 0 Å². The van der Waals surface area contributed by atoms with Gasteiger partial charge in [-0.15, -0.1) is 15.0 Å². The number of unbranched alkanes of at least 4 members (excludes halogenated alkanes) is 1. The number of ether oxygens (including phenoxy) is 3. The molecule has 0 fully saturated rings. The largest absolute Gasteiger partial charge is 0.505 e. The monoisotopic (exact) mass is 397 g/mol. The molecule has 0 bridgehead atoms. The van der Waals surface area contributed by atoms with Gasteiger partial charge in [0.25, 0.3) is 0 Å². The number of carbonyl (C=O) groups is 1. The molecule has 0 atom stereocenters. The molecular weight excluding hydrogens is 374 g/mol. The van der Waals surface area contributed by atoms with E-state index in [-0.39, 0.29) is 19.0 Å². The molecule has 152 valence electrons. The number of aromatic hydroxyl groups is 1. The molecule has 3 rings (SSSR count). The Kier molecular flexibility index (Phi) is 6.67. The van der Waals surface area contributed by atoms with Gasteiger partial charge in [0.15, 0.2) is 0 Å². The number of phenolic OH excluding ortho intramolecular Hbond substituents is 1. The summed E-state index contributed by atoms with van der Waals surface area (Å²) in [5, 5.41) is 19.1. The molecule has 1 aromatic heterocycles. The fourth-order valence-electron chi connectivity index (χ4n) is 2.55. The highest BCUT2D eigenvalue weighted by Gasteiger charge is 2.11. The normalized spacial score (nSPS) is 10.7. The highest BCUT2D eigenvalue weighted by atomic mass is 16.6. The van der Waals surface area contributed by atoms with Crippen LogP contribution in [0.15, 0.2) is 49.1 Å². The first kappa shape index (κ1) is 20.2. The van der Waals surface area contributed by atoms with Gasteiger partial charge >= 0.3 is 5.97 Å². The molecule has 0 aliphatic rings. The van der Waals surface area contributed by atoms with Crippen molar-refractivity contribution in [2.75, 3.05) is 19.8 Å². The van der Waals surface area contributed by atoms with Crippen molar-refractivity contribution in [3.8, 4) is 22.9 Å². The minimum Gasteiger partial charge on any atom is -0.505 e. The number of aromatic nitrogens is 3. The molecule has 0 amide bonds. The second-order valence-corrected chi connectivity index (χ2v) is 6.21. The van der Waals surface area contributed by atoms with Crippen LogP contribution in [0.3, 0.4) is 0 Å². The van der Waals surface area contributed by atoms with E-state index in [9.17, 15) is 9.90 Å². The van der Waals surface area contributed by atoms with Crippen molar-refractivity contribution in [2.45, 2.75) is 19.8 Å². The molecule has 0 radical (unpaired) electrons. The van der Waals surface area contributed by atoms with E-state index in [1.54, 1.807) is 36.4 Å². The molecule has 29 heavy (non-hydrogen) atoms. The Morgan fingerprint density at radius 3 is 2.55 bits per heavy atom. The number of fused-ring (bicyclic) bond motifs is 1. The van der Waals surface area contributed by atoms with Gasteiger partial charge in [-0.3, -0.25) is 0 Å². The van der Waals surface area contributed by atoms with E-state index >= 15 is 0 Å². The van der Waals surface area contributed by atoms with E-state index in [1.807, 2.05) is 0 Å². The van der Waals surface area contributed by atoms with Crippen LogP contribution in [0.5, 0.6) is 17.2 Å². The lowest BCUT2D eigenvalue weighted by Crippen LogP contribution is -2.10. The van der Waals surface area contributed by atoms with Gasteiger partial charge in [0.1, 0.15) is 47.2 Å². The molecule has 0 saturated carbocycles. The summed E-state index contributed by atoms with van der Waals surface area (Å²) >= 11 is 0. The van der Waals surface area contributed by atoms with E-state index in [0.717, 1.165) is 18.9 Å². The maximum Gasteiger partial charge on any atom is 0.330 e. The van der Waals surface area contributed by atoms with Gasteiger partial charge in [-0.2, -0.15) is 0 Å². The average Bonchev–Trinajstić information content (AvgIpc) is 3.14. The molecule has 1 N–H and O–H groups in total. The van der Waals surface area contributed by atoms with Crippen LogP contribution in [0.4, 0.5) is 0 Å². The van der Waals surface area contributed by atoms with E-state index in [1.165, 1.54) is 4.80 Å². The number of hydrogen-bond donors (Lipinski definition) is 1. The quantitative estimate of drug-likeness (QED) is 0.318. The first-order chi connectivity index (χ1) is 14.1. The summed E-state index contributed by atoms with van der Waals surface area (Å²) in [6, 6.07) is 10.3. The summed E-state index contributed by atoms with van der Waals surface area (Å²) in [5.74, 6) is 0.709. The smallest absolute Gasteiger partial charge is 0.330 e. The third-order valence-corrected chi connectivity index (χ3v) is 4.04. The summed E-state index contributed by atoms with van der Waals surface area (Å²) in [5.41, 5.74) is 1.70. The van der Waals surface area contributed by atoms with Gasteiger partial charge in [-0.25, -0.2) is 4.79 Å². The fraction of sp³-hybridized carbons (Fsp3) is 0.286. The molecular formula is C21H23N3O5. The molecule has 0 aliphatic heterocycles. The molecule has 8 heteroatoms. The third-order valence-electron chi connectivity index (χ3n) is 4.04. The number of carbonyl (C=O) groups excluding carboxylic acids is 1.